The van der Waals surface area contributed by atoms with Crippen LogP contribution < -0.4 is 0 Å². The first-order valence-corrected chi connectivity index (χ1v) is 4.84. The van der Waals surface area contributed by atoms with Crippen molar-refractivity contribution in [3.8, 4) is 0 Å². The number of hydrogen-bond acceptors (Lipinski definition) is 0. The molecule has 2 unspecified atom stereocenters. The van der Waals surface area contributed by atoms with Gasteiger partial charge in [0.05, 0.1) is 0 Å². The Labute approximate surface area is 68.0 Å². The van der Waals surface area contributed by atoms with Gasteiger partial charge in [-0.05, 0) is 43.9 Å². The van der Waals surface area contributed by atoms with Crippen molar-refractivity contribution in [3.63, 3.8) is 0 Å². The maximum atomic E-state index is 2.41. The molecule has 0 nitrogen and oxygen atoms in total. The molecule has 2 fully saturated rings. The second-order valence-corrected chi connectivity index (χ2v) is 4.13. The van der Waals surface area contributed by atoms with Gasteiger partial charge in [0.25, 0.3) is 0 Å². The Balaban J connectivity index is 1.99. The van der Waals surface area contributed by atoms with E-state index < -0.39 is 0 Å². The Hall–Kier alpha value is -0.520. The fourth-order valence-electron chi connectivity index (χ4n) is 2.92. The summed E-state index contributed by atoms with van der Waals surface area (Å²) in [6, 6.07) is 0. The monoisotopic (exact) mass is 146 g/mol. The Morgan fingerprint density at radius 1 is 0.909 bits per heavy atom. The van der Waals surface area contributed by atoms with E-state index in [1.165, 1.54) is 32.1 Å². The van der Waals surface area contributed by atoms with Crippen molar-refractivity contribution < 1.29 is 0 Å². The van der Waals surface area contributed by atoms with Gasteiger partial charge in [0.15, 0.2) is 0 Å². The second-order valence-electron chi connectivity index (χ2n) is 4.13. The average Bonchev–Trinajstić information content (AvgIpc) is 2.34. The molecular formula is C11H14. The zero-order valence-corrected chi connectivity index (χ0v) is 6.84. The lowest BCUT2D eigenvalue weighted by molar-refractivity contribution is 0.329. The lowest BCUT2D eigenvalue weighted by Crippen LogP contribution is -2.26. The molecule has 0 aromatic rings. The SMILES string of the molecule is C1=C2CCCC2C2CCC2=C1. The third-order valence-corrected chi connectivity index (χ3v) is 3.67. The van der Waals surface area contributed by atoms with Crippen LogP contribution in [0.25, 0.3) is 0 Å². The molecule has 0 radical (unpaired) electrons. The van der Waals surface area contributed by atoms with Gasteiger partial charge in [-0.1, -0.05) is 23.3 Å². The van der Waals surface area contributed by atoms with Crippen molar-refractivity contribution in [1.29, 1.82) is 0 Å². The normalized spacial score (nSPS) is 40.0. The molecule has 3 aliphatic carbocycles. The standard InChI is InChI=1S/C11H14/c1-2-8-4-5-9-6-7-11(9)10(8)3-1/h4-5,10-11H,1-3,6-7H2. The van der Waals surface area contributed by atoms with Crippen molar-refractivity contribution >= 4 is 0 Å². The van der Waals surface area contributed by atoms with Gasteiger partial charge in [-0.15, -0.1) is 0 Å². The molecule has 0 saturated heterocycles. The van der Waals surface area contributed by atoms with E-state index in [0.29, 0.717) is 0 Å². The minimum Gasteiger partial charge on any atom is -0.0665 e. The molecule has 0 N–H and O–H groups in total. The lowest BCUT2D eigenvalue weighted by Gasteiger charge is -2.38. The maximum Gasteiger partial charge on any atom is -0.0131 e. The van der Waals surface area contributed by atoms with Gasteiger partial charge in [0, 0.05) is 0 Å². The summed E-state index contributed by atoms with van der Waals surface area (Å²) in [5.74, 6) is 1.99. The van der Waals surface area contributed by atoms with E-state index in [2.05, 4.69) is 12.2 Å². The van der Waals surface area contributed by atoms with Crippen LogP contribution >= 0.6 is 0 Å². The molecule has 3 aliphatic rings. The van der Waals surface area contributed by atoms with Crippen molar-refractivity contribution in [1.82, 2.24) is 0 Å². The average molecular weight is 146 g/mol. The van der Waals surface area contributed by atoms with Crippen molar-refractivity contribution in [3.05, 3.63) is 23.3 Å². The first-order chi connectivity index (χ1) is 5.45. The van der Waals surface area contributed by atoms with E-state index in [9.17, 15) is 0 Å². The van der Waals surface area contributed by atoms with Crippen LogP contribution in [0.4, 0.5) is 0 Å². The Bertz CT molecular complexity index is 245. The van der Waals surface area contributed by atoms with Gasteiger partial charge >= 0.3 is 0 Å². The fourth-order valence-corrected chi connectivity index (χ4v) is 2.92. The highest BCUT2D eigenvalue weighted by Gasteiger charge is 2.37. The molecule has 11 heavy (non-hydrogen) atoms. The first kappa shape index (κ1) is 6.05. The fraction of sp³-hybridized carbons (Fsp3) is 0.636. The van der Waals surface area contributed by atoms with Crippen molar-refractivity contribution in [2.75, 3.05) is 0 Å². The number of rotatable bonds is 0. The Morgan fingerprint density at radius 2 is 1.64 bits per heavy atom. The van der Waals surface area contributed by atoms with E-state index in [0.717, 1.165) is 11.8 Å². The summed E-state index contributed by atoms with van der Waals surface area (Å²) >= 11 is 0. The zero-order valence-electron chi connectivity index (χ0n) is 6.84. The van der Waals surface area contributed by atoms with Crippen LogP contribution in [0.2, 0.25) is 0 Å². The van der Waals surface area contributed by atoms with Crippen LogP contribution in [0.15, 0.2) is 23.3 Å². The number of allylic oxidation sites excluding steroid dienone is 4. The highest BCUT2D eigenvalue weighted by Crippen LogP contribution is 2.50. The van der Waals surface area contributed by atoms with Crippen LogP contribution in [-0.2, 0) is 0 Å². The van der Waals surface area contributed by atoms with Crippen LogP contribution in [0.3, 0.4) is 0 Å². The Morgan fingerprint density at radius 3 is 2.36 bits per heavy atom. The zero-order chi connectivity index (χ0) is 7.26. The van der Waals surface area contributed by atoms with Crippen LogP contribution in [0.1, 0.15) is 32.1 Å². The van der Waals surface area contributed by atoms with Crippen LogP contribution in [0.5, 0.6) is 0 Å². The molecule has 0 spiro atoms. The molecule has 0 bridgehead atoms. The summed E-state index contributed by atoms with van der Waals surface area (Å²) in [5, 5.41) is 0. The molecule has 3 rings (SSSR count). The quantitative estimate of drug-likeness (QED) is 0.492. The van der Waals surface area contributed by atoms with Crippen molar-refractivity contribution in [2.45, 2.75) is 32.1 Å². The predicted octanol–water partition coefficient (Wildman–Crippen LogP) is 3.06. The lowest BCUT2D eigenvalue weighted by atomic mass is 9.67. The van der Waals surface area contributed by atoms with E-state index in [1.54, 1.807) is 11.1 Å². The highest BCUT2D eigenvalue weighted by molar-refractivity contribution is 5.34. The molecular weight excluding hydrogens is 132 g/mol. The maximum absolute atomic E-state index is 2.41. The van der Waals surface area contributed by atoms with Gasteiger partial charge in [-0.25, -0.2) is 0 Å². The molecule has 0 heteroatoms. The van der Waals surface area contributed by atoms with E-state index in [-0.39, 0.29) is 0 Å². The molecule has 0 aromatic heterocycles. The highest BCUT2D eigenvalue weighted by atomic mass is 14.4. The number of hydrogen-bond donors (Lipinski definition) is 0. The van der Waals surface area contributed by atoms with Gasteiger partial charge in [0.1, 0.15) is 0 Å². The molecule has 0 amide bonds. The van der Waals surface area contributed by atoms with Crippen molar-refractivity contribution in [2.24, 2.45) is 11.8 Å². The summed E-state index contributed by atoms with van der Waals surface area (Å²) in [5.41, 5.74) is 3.51. The third-order valence-electron chi connectivity index (χ3n) is 3.67. The first-order valence-electron chi connectivity index (χ1n) is 4.84. The summed E-state index contributed by atoms with van der Waals surface area (Å²) in [6.07, 6.45) is 12.0. The van der Waals surface area contributed by atoms with Gasteiger partial charge < -0.3 is 0 Å². The van der Waals surface area contributed by atoms with Gasteiger partial charge in [-0.2, -0.15) is 0 Å². The summed E-state index contributed by atoms with van der Waals surface area (Å²) in [6.45, 7) is 0. The van der Waals surface area contributed by atoms with E-state index in [4.69, 9.17) is 0 Å². The molecule has 58 valence electrons. The molecule has 2 atom stereocenters. The van der Waals surface area contributed by atoms with E-state index >= 15 is 0 Å². The van der Waals surface area contributed by atoms with Gasteiger partial charge in [0.2, 0.25) is 0 Å². The van der Waals surface area contributed by atoms with Gasteiger partial charge in [-0.3, -0.25) is 0 Å². The number of fused-ring (bicyclic) bond motifs is 3. The van der Waals surface area contributed by atoms with Crippen LogP contribution in [-0.4, -0.2) is 0 Å². The predicted molar refractivity (Wildman–Crippen MR) is 46.2 cm³/mol. The molecule has 2 saturated carbocycles. The largest absolute Gasteiger partial charge is 0.0665 e. The third kappa shape index (κ3) is 0.702. The molecule has 0 aromatic carbocycles. The summed E-state index contributed by atoms with van der Waals surface area (Å²) in [7, 11) is 0. The summed E-state index contributed by atoms with van der Waals surface area (Å²) < 4.78 is 0. The second kappa shape index (κ2) is 2.00. The topological polar surface area (TPSA) is 0 Å². The summed E-state index contributed by atoms with van der Waals surface area (Å²) in [4.78, 5) is 0. The minimum atomic E-state index is 0.990. The minimum absolute atomic E-state index is 0.990. The molecule has 0 heterocycles. The molecule has 0 aliphatic heterocycles. The van der Waals surface area contributed by atoms with Crippen LogP contribution in [0, 0.1) is 11.8 Å². The smallest absolute Gasteiger partial charge is 0.0131 e. The van der Waals surface area contributed by atoms with E-state index in [1.807, 2.05) is 0 Å². The Kier molecular flexibility index (Phi) is 1.10.